The highest BCUT2D eigenvalue weighted by Gasteiger charge is 1.91. The fraction of sp³-hybridized carbons (Fsp3) is 0.500. The summed E-state index contributed by atoms with van der Waals surface area (Å²) in [6, 6.07) is 0. The Kier molecular flexibility index (Phi) is 4.13. The fourth-order valence-corrected chi connectivity index (χ4v) is 0.362. The van der Waals surface area contributed by atoms with E-state index in [9.17, 15) is 9.18 Å². The minimum Gasteiger partial charge on any atom is -0.295 e. The van der Waals surface area contributed by atoms with Crippen LogP contribution in [-0.4, -0.2) is 12.5 Å². The zero-order valence-electron chi connectivity index (χ0n) is 4.86. The highest BCUT2D eigenvalue weighted by atomic mass is 19.1. The summed E-state index contributed by atoms with van der Waals surface area (Å²) in [7, 11) is 0. The van der Waals surface area contributed by atoms with Gasteiger partial charge in [-0.15, -0.1) is 0 Å². The van der Waals surface area contributed by atoms with Crippen LogP contribution in [0.2, 0.25) is 0 Å². The van der Waals surface area contributed by atoms with Crippen LogP contribution in [0.25, 0.3) is 0 Å². The van der Waals surface area contributed by atoms with E-state index in [0.29, 0.717) is 0 Å². The molecule has 0 aromatic carbocycles. The Bertz CT molecular complexity index is 96.7. The van der Waals surface area contributed by atoms with Crippen LogP contribution < -0.4 is 0 Å². The van der Waals surface area contributed by atoms with Crippen LogP contribution >= 0.6 is 0 Å². The van der Waals surface area contributed by atoms with Crippen molar-refractivity contribution in [2.75, 3.05) is 6.67 Å². The van der Waals surface area contributed by atoms with Crippen molar-refractivity contribution in [3.8, 4) is 0 Å². The molecule has 0 aromatic heterocycles. The number of alkyl halides is 1. The summed E-state index contributed by atoms with van der Waals surface area (Å²) in [6.07, 6.45) is 3.00. The molecule has 0 fully saturated rings. The average Bonchev–Trinajstić information content (AvgIpc) is 1.68. The summed E-state index contributed by atoms with van der Waals surface area (Å²) in [5.74, 6) is -0.144. The van der Waals surface area contributed by atoms with Gasteiger partial charge in [-0.3, -0.25) is 9.18 Å². The molecular formula is C6H9FO. The predicted octanol–water partition coefficient (Wildman–Crippen LogP) is 1.49. The Balaban J connectivity index is 3.33. The SMILES string of the molecule is CC=CC(=O)CCF. The lowest BCUT2D eigenvalue weighted by Gasteiger charge is -1.82. The summed E-state index contributed by atoms with van der Waals surface area (Å²) in [5.41, 5.74) is 0. The molecule has 0 unspecified atom stereocenters. The molecule has 0 aliphatic heterocycles. The minimum atomic E-state index is -0.552. The largest absolute Gasteiger partial charge is 0.295 e. The van der Waals surface area contributed by atoms with Crippen LogP contribution in [0, 0.1) is 0 Å². The van der Waals surface area contributed by atoms with Gasteiger partial charge in [0.25, 0.3) is 0 Å². The predicted molar refractivity (Wildman–Crippen MR) is 30.4 cm³/mol. The van der Waals surface area contributed by atoms with Crippen molar-refractivity contribution in [3.05, 3.63) is 12.2 Å². The van der Waals surface area contributed by atoms with Crippen molar-refractivity contribution in [1.29, 1.82) is 0 Å². The highest BCUT2D eigenvalue weighted by Crippen LogP contribution is 1.84. The molecule has 2 heteroatoms. The van der Waals surface area contributed by atoms with E-state index in [0.717, 1.165) is 0 Å². The van der Waals surface area contributed by atoms with E-state index >= 15 is 0 Å². The Morgan fingerprint density at radius 3 is 2.75 bits per heavy atom. The Morgan fingerprint density at radius 1 is 1.75 bits per heavy atom. The maximum atomic E-state index is 11.3. The maximum absolute atomic E-state index is 11.3. The summed E-state index contributed by atoms with van der Waals surface area (Å²) in [4.78, 5) is 10.3. The first-order chi connectivity index (χ1) is 3.81. The van der Waals surface area contributed by atoms with Gasteiger partial charge in [0.2, 0.25) is 0 Å². The van der Waals surface area contributed by atoms with Gasteiger partial charge in [0.15, 0.2) is 5.78 Å². The molecule has 0 saturated heterocycles. The Hall–Kier alpha value is -0.660. The normalized spacial score (nSPS) is 10.2. The smallest absolute Gasteiger partial charge is 0.157 e. The Morgan fingerprint density at radius 2 is 2.38 bits per heavy atom. The lowest BCUT2D eigenvalue weighted by Crippen LogP contribution is -1.91. The van der Waals surface area contributed by atoms with Crippen LogP contribution in [0.5, 0.6) is 0 Å². The Labute approximate surface area is 48.2 Å². The van der Waals surface area contributed by atoms with Gasteiger partial charge < -0.3 is 0 Å². The summed E-state index contributed by atoms with van der Waals surface area (Å²) in [5, 5.41) is 0. The lowest BCUT2D eigenvalue weighted by atomic mass is 10.3. The molecular weight excluding hydrogens is 107 g/mol. The van der Waals surface area contributed by atoms with E-state index in [-0.39, 0.29) is 12.2 Å². The molecule has 0 bridgehead atoms. The molecule has 8 heavy (non-hydrogen) atoms. The first-order valence-electron chi connectivity index (χ1n) is 2.52. The molecule has 0 rings (SSSR count). The van der Waals surface area contributed by atoms with E-state index in [1.54, 1.807) is 13.0 Å². The zero-order chi connectivity index (χ0) is 6.41. The summed E-state index contributed by atoms with van der Waals surface area (Å²) >= 11 is 0. The third-order valence-electron chi connectivity index (χ3n) is 0.693. The van der Waals surface area contributed by atoms with Crippen LogP contribution in [0.3, 0.4) is 0 Å². The molecule has 0 spiro atoms. The van der Waals surface area contributed by atoms with Gasteiger partial charge >= 0.3 is 0 Å². The van der Waals surface area contributed by atoms with Crippen LogP contribution in [0.4, 0.5) is 4.39 Å². The maximum Gasteiger partial charge on any atom is 0.157 e. The van der Waals surface area contributed by atoms with Gasteiger partial charge in [0, 0.05) is 6.42 Å². The van der Waals surface area contributed by atoms with Crippen molar-refractivity contribution in [1.82, 2.24) is 0 Å². The quantitative estimate of drug-likeness (QED) is 0.510. The number of hydrogen-bond acceptors (Lipinski definition) is 1. The van der Waals surface area contributed by atoms with E-state index in [1.807, 2.05) is 0 Å². The molecule has 0 heterocycles. The standard InChI is InChI=1S/C6H9FO/c1-2-3-6(8)4-5-7/h2-3H,4-5H2,1H3. The number of hydrogen-bond donors (Lipinski definition) is 0. The van der Waals surface area contributed by atoms with Crippen molar-refractivity contribution in [2.24, 2.45) is 0 Å². The van der Waals surface area contributed by atoms with Crippen LogP contribution in [0.1, 0.15) is 13.3 Å². The van der Waals surface area contributed by atoms with E-state index in [1.165, 1.54) is 6.08 Å². The van der Waals surface area contributed by atoms with E-state index in [4.69, 9.17) is 0 Å². The van der Waals surface area contributed by atoms with Crippen molar-refractivity contribution >= 4 is 5.78 Å². The first kappa shape index (κ1) is 7.34. The third-order valence-corrected chi connectivity index (χ3v) is 0.693. The fourth-order valence-electron chi connectivity index (χ4n) is 0.362. The summed E-state index contributed by atoms with van der Waals surface area (Å²) < 4.78 is 11.3. The monoisotopic (exact) mass is 116 g/mol. The molecule has 0 atom stereocenters. The number of carbonyl (C=O) groups is 1. The van der Waals surface area contributed by atoms with Crippen molar-refractivity contribution in [3.63, 3.8) is 0 Å². The lowest BCUT2D eigenvalue weighted by molar-refractivity contribution is -0.114. The molecule has 0 amide bonds. The third kappa shape index (κ3) is 3.53. The number of allylic oxidation sites excluding steroid dienone is 2. The van der Waals surface area contributed by atoms with Crippen molar-refractivity contribution < 1.29 is 9.18 Å². The second-order valence-corrected chi connectivity index (χ2v) is 1.41. The van der Waals surface area contributed by atoms with Gasteiger partial charge in [-0.2, -0.15) is 0 Å². The average molecular weight is 116 g/mol. The van der Waals surface area contributed by atoms with Gasteiger partial charge in [0.1, 0.15) is 0 Å². The van der Waals surface area contributed by atoms with E-state index in [2.05, 4.69) is 0 Å². The molecule has 0 N–H and O–H groups in total. The summed E-state index contributed by atoms with van der Waals surface area (Å²) in [6.45, 7) is 1.18. The van der Waals surface area contributed by atoms with Gasteiger partial charge in [-0.1, -0.05) is 6.08 Å². The highest BCUT2D eigenvalue weighted by molar-refractivity contribution is 5.89. The van der Waals surface area contributed by atoms with Crippen LogP contribution in [-0.2, 0) is 4.79 Å². The topological polar surface area (TPSA) is 17.1 Å². The first-order valence-corrected chi connectivity index (χ1v) is 2.52. The second kappa shape index (κ2) is 4.50. The second-order valence-electron chi connectivity index (χ2n) is 1.41. The molecule has 0 aromatic rings. The molecule has 0 saturated carbocycles. The van der Waals surface area contributed by atoms with Gasteiger partial charge in [0.05, 0.1) is 6.67 Å². The molecule has 1 nitrogen and oxygen atoms in total. The molecule has 0 aliphatic rings. The van der Waals surface area contributed by atoms with Gasteiger partial charge in [-0.25, -0.2) is 0 Å². The zero-order valence-corrected chi connectivity index (χ0v) is 4.86. The van der Waals surface area contributed by atoms with E-state index < -0.39 is 6.67 Å². The number of rotatable bonds is 3. The van der Waals surface area contributed by atoms with Crippen molar-refractivity contribution in [2.45, 2.75) is 13.3 Å². The number of carbonyl (C=O) groups excluding carboxylic acids is 1. The van der Waals surface area contributed by atoms with Gasteiger partial charge in [-0.05, 0) is 13.0 Å². The molecule has 46 valence electrons. The number of halogens is 1. The van der Waals surface area contributed by atoms with Crippen LogP contribution in [0.15, 0.2) is 12.2 Å². The number of ketones is 1. The molecule has 0 radical (unpaired) electrons. The minimum absolute atomic E-state index is 0.0182. The molecule has 0 aliphatic carbocycles.